The SMILES string of the molecule is COc1cc(NC(=O)C2CCCC2)c(C(=O)OCc2cc(=O)n3ccsc3n2)cc1OC. The molecule has 9 nitrogen and oxygen atoms in total. The van der Waals surface area contributed by atoms with E-state index in [-0.39, 0.29) is 35.2 Å². The van der Waals surface area contributed by atoms with Crippen LogP contribution in [0.25, 0.3) is 4.96 Å². The van der Waals surface area contributed by atoms with Crippen LogP contribution in [0.15, 0.2) is 34.6 Å². The maximum atomic E-state index is 12.9. The molecule has 1 aromatic carbocycles. The average molecular weight is 458 g/mol. The third kappa shape index (κ3) is 4.45. The Balaban J connectivity index is 1.58. The quantitative estimate of drug-likeness (QED) is 0.543. The van der Waals surface area contributed by atoms with Gasteiger partial charge in [0.15, 0.2) is 16.5 Å². The predicted octanol–water partition coefficient (Wildman–Crippen LogP) is 3.26. The molecular weight excluding hydrogens is 434 g/mol. The monoisotopic (exact) mass is 457 g/mol. The summed E-state index contributed by atoms with van der Waals surface area (Å²) in [5.41, 5.74) is 0.495. The second-order valence-electron chi connectivity index (χ2n) is 7.44. The number of ether oxygens (including phenoxy) is 3. The van der Waals surface area contributed by atoms with Crippen molar-refractivity contribution < 1.29 is 23.8 Å². The van der Waals surface area contributed by atoms with Gasteiger partial charge in [0.1, 0.15) is 6.61 Å². The lowest BCUT2D eigenvalue weighted by Gasteiger charge is -2.17. The topological polar surface area (TPSA) is 108 Å². The van der Waals surface area contributed by atoms with Crippen LogP contribution in [-0.4, -0.2) is 35.5 Å². The van der Waals surface area contributed by atoms with Crippen molar-refractivity contribution in [3.05, 3.63) is 51.4 Å². The number of methoxy groups -OCH3 is 2. The minimum Gasteiger partial charge on any atom is -0.493 e. The summed E-state index contributed by atoms with van der Waals surface area (Å²) >= 11 is 1.31. The fourth-order valence-corrected chi connectivity index (χ4v) is 4.49. The number of carbonyl (C=O) groups is 2. The van der Waals surface area contributed by atoms with Crippen molar-refractivity contribution in [3.63, 3.8) is 0 Å². The Bertz CT molecular complexity index is 1210. The van der Waals surface area contributed by atoms with Gasteiger partial charge in [0, 0.05) is 35.7 Å². The number of nitrogens with zero attached hydrogens (tertiary/aromatic N) is 2. The van der Waals surface area contributed by atoms with Crippen molar-refractivity contribution in [1.29, 1.82) is 0 Å². The van der Waals surface area contributed by atoms with Gasteiger partial charge in [-0.2, -0.15) is 0 Å². The maximum Gasteiger partial charge on any atom is 0.340 e. The van der Waals surface area contributed by atoms with Gasteiger partial charge in [-0.25, -0.2) is 9.78 Å². The molecule has 1 aliphatic carbocycles. The number of thiazole rings is 1. The Morgan fingerprint density at radius 3 is 2.59 bits per heavy atom. The summed E-state index contributed by atoms with van der Waals surface area (Å²) < 4.78 is 17.5. The number of hydrogen-bond donors (Lipinski definition) is 1. The number of benzene rings is 1. The molecular formula is C22H23N3O6S. The molecule has 2 aromatic heterocycles. The Hall–Kier alpha value is -3.40. The Morgan fingerprint density at radius 2 is 1.88 bits per heavy atom. The number of carbonyl (C=O) groups excluding carboxylic acids is 2. The van der Waals surface area contributed by atoms with Gasteiger partial charge in [-0.3, -0.25) is 14.0 Å². The molecule has 1 aliphatic rings. The van der Waals surface area contributed by atoms with Crippen LogP contribution >= 0.6 is 11.3 Å². The number of esters is 1. The summed E-state index contributed by atoms with van der Waals surface area (Å²) in [4.78, 5) is 42.6. The van der Waals surface area contributed by atoms with Gasteiger partial charge in [-0.15, -0.1) is 11.3 Å². The zero-order chi connectivity index (χ0) is 22.7. The molecule has 4 rings (SSSR count). The molecule has 1 N–H and O–H groups in total. The largest absolute Gasteiger partial charge is 0.493 e. The molecule has 1 amide bonds. The molecule has 2 heterocycles. The molecule has 0 atom stereocenters. The van der Waals surface area contributed by atoms with E-state index in [1.165, 1.54) is 42.1 Å². The minimum absolute atomic E-state index is 0.0818. The number of fused-ring (bicyclic) bond motifs is 1. The van der Waals surface area contributed by atoms with E-state index in [4.69, 9.17) is 14.2 Å². The lowest BCUT2D eigenvalue weighted by molar-refractivity contribution is -0.119. The van der Waals surface area contributed by atoms with Gasteiger partial charge in [0.25, 0.3) is 5.56 Å². The first-order valence-corrected chi connectivity index (χ1v) is 11.1. The van der Waals surface area contributed by atoms with E-state index in [1.54, 1.807) is 17.6 Å². The highest BCUT2D eigenvalue weighted by Crippen LogP contribution is 2.35. The second kappa shape index (κ2) is 9.39. The first kappa shape index (κ1) is 21.8. The highest BCUT2D eigenvalue weighted by atomic mass is 32.1. The van der Waals surface area contributed by atoms with E-state index >= 15 is 0 Å². The molecule has 0 spiro atoms. The van der Waals surface area contributed by atoms with Gasteiger partial charge in [-0.05, 0) is 12.8 Å². The van der Waals surface area contributed by atoms with E-state index in [1.807, 2.05) is 0 Å². The molecule has 10 heteroatoms. The maximum absolute atomic E-state index is 12.9. The van der Waals surface area contributed by atoms with Crippen LogP contribution in [0.1, 0.15) is 41.7 Å². The molecule has 3 aromatic rings. The van der Waals surface area contributed by atoms with Crippen molar-refractivity contribution >= 4 is 33.9 Å². The number of aromatic nitrogens is 2. The second-order valence-corrected chi connectivity index (χ2v) is 8.31. The van der Waals surface area contributed by atoms with Gasteiger partial charge in [0.2, 0.25) is 5.91 Å². The van der Waals surface area contributed by atoms with Crippen molar-refractivity contribution in [1.82, 2.24) is 9.38 Å². The van der Waals surface area contributed by atoms with E-state index < -0.39 is 5.97 Å². The van der Waals surface area contributed by atoms with Gasteiger partial charge < -0.3 is 19.5 Å². The zero-order valence-corrected chi connectivity index (χ0v) is 18.6. The highest BCUT2D eigenvalue weighted by molar-refractivity contribution is 7.15. The van der Waals surface area contributed by atoms with Crippen LogP contribution in [0.5, 0.6) is 11.5 Å². The zero-order valence-electron chi connectivity index (χ0n) is 17.8. The third-order valence-corrected chi connectivity index (χ3v) is 6.19. The molecule has 168 valence electrons. The van der Waals surface area contributed by atoms with Crippen LogP contribution in [0.2, 0.25) is 0 Å². The van der Waals surface area contributed by atoms with Crippen LogP contribution in [-0.2, 0) is 16.1 Å². The van der Waals surface area contributed by atoms with Gasteiger partial charge in [0.05, 0.1) is 31.2 Å². The summed E-state index contributed by atoms with van der Waals surface area (Å²) in [6, 6.07) is 4.34. The van der Waals surface area contributed by atoms with Crippen LogP contribution < -0.4 is 20.3 Å². The molecule has 0 radical (unpaired) electrons. The Morgan fingerprint density at radius 1 is 1.16 bits per heavy atom. The molecule has 0 saturated heterocycles. The van der Waals surface area contributed by atoms with Crippen molar-refractivity contribution in [3.8, 4) is 11.5 Å². The van der Waals surface area contributed by atoms with Crippen LogP contribution in [0.3, 0.4) is 0 Å². The van der Waals surface area contributed by atoms with E-state index in [2.05, 4.69) is 10.3 Å². The normalized spacial score (nSPS) is 13.8. The van der Waals surface area contributed by atoms with Crippen LogP contribution in [0, 0.1) is 5.92 Å². The third-order valence-electron chi connectivity index (χ3n) is 5.43. The molecule has 32 heavy (non-hydrogen) atoms. The van der Waals surface area contributed by atoms with Crippen LogP contribution in [0.4, 0.5) is 5.69 Å². The molecule has 0 aliphatic heterocycles. The lowest BCUT2D eigenvalue weighted by atomic mass is 10.1. The Labute approximate surface area is 187 Å². The molecule has 1 fully saturated rings. The van der Waals surface area contributed by atoms with E-state index in [0.29, 0.717) is 22.2 Å². The average Bonchev–Trinajstić information content (AvgIpc) is 3.49. The van der Waals surface area contributed by atoms with Gasteiger partial charge in [-0.1, -0.05) is 12.8 Å². The van der Waals surface area contributed by atoms with Crippen molar-refractivity contribution in [2.45, 2.75) is 32.3 Å². The van der Waals surface area contributed by atoms with Crippen molar-refractivity contribution in [2.75, 3.05) is 19.5 Å². The lowest BCUT2D eigenvalue weighted by Crippen LogP contribution is -2.22. The van der Waals surface area contributed by atoms with Crippen molar-refractivity contribution in [2.24, 2.45) is 5.92 Å². The number of rotatable bonds is 7. The highest BCUT2D eigenvalue weighted by Gasteiger charge is 2.26. The molecule has 1 saturated carbocycles. The number of nitrogens with one attached hydrogen (secondary N) is 1. The molecule has 0 bridgehead atoms. The van der Waals surface area contributed by atoms with Gasteiger partial charge >= 0.3 is 5.97 Å². The Kier molecular flexibility index (Phi) is 6.40. The fraction of sp³-hybridized carbons (Fsp3) is 0.364. The summed E-state index contributed by atoms with van der Waals surface area (Å²) in [7, 11) is 2.93. The first-order valence-electron chi connectivity index (χ1n) is 10.2. The number of hydrogen-bond acceptors (Lipinski definition) is 8. The van der Waals surface area contributed by atoms with E-state index in [9.17, 15) is 14.4 Å². The smallest absolute Gasteiger partial charge is 0.340 e. The minimum atomic E-state index is -0.680. The standard InChI is InChI=1S/C22H23N3O6S/c1-29-17-10-15(16(11-18(17)30-2)24-20(27)13-5-3-4-6-13)21(28)31-12-14-9-19(26)25-7-8-32-22(25)23-14/h7-11,13H,3-6,12H2,1-2H3,(H,24,27). The summed E-state index contributed by atoms with van der Waals surface area (Å²) in [6.07, 6.45) is 5.31. The number of anilines is 1. The predicted molar refractivity (Wildman–Crippen MR) is 119 cm³/mol. The number of amides is 1. The summed E-state index contributed by atoms with van der Waals surface area (Å²) in [5, 5.41) is 4.60. The first-order chi connectivity index (χ1) is 15.5. The fourth-order valence-electron chi connectivity index (χ4n) is 3.75. The summed E-state index contributed by atoms with van der Waals surface area (Å²) in [6.45, 7) is -0.188. The summed E-state index contributed by atoms with van der Waals surface area (Å²) in [5.74, 6) is -0.192. The van der Waals surface area contributed by atoms with E-state index in [0.717, 1.165) is 25.7 Å². The molecule has 0 unspecified atom stereocenters.